The molecule has 0 amide bonds. The molecule has 0 radical (unpaired) electrons. The van der Waals surface area contributed by atoms with Crippen molar-refractivity contribution < 1.29 is 48.0 Å². The SMILES string of the molecule is CCc1cccc2c1C=C(c1ccc(C)s1)[CH]2[Zr+2][CH]1C(c2ccc(C)s2)=Cc2c(CC)cccc21.[Cl-].[Cl-]. The van der Waals surface area contributed by atoms with E-state index in [0.717, 1.165) is 12.8 Å². The van der Waals surface area contributed by atoms with Gasteiger partial charge in [0.1, 0.15) is 0 Å². The molecule has 2 unspecified atom stereocenters. The molecule has 2 atom stereocenters. The second-order valence-electron chi connectivity index (χ2n) is 9.60. The number of thiophene rings is 2. The molecule has 2 aliphatic rings. The summed E-state index contributed by atoms with van der Waals surface area (Å²) < 4.78 is 1.17. The van der Waals surface area contributed by atoms with E-state index in [9.17, 15) is 0 Å². The van der Waals surface area contributed by atoms with Gasteiger partial charge in [-0.3, -0.25) is 0 Å². The minimum Gasteiger partial charge on any atom is -1.00 e. The molecule has 188 valence electrons. The second kappa shape index (κ2) is 11.9. The Morgan fingerprint density at radius 1 is 0.622 bits per heavy atom. The predicted octanol–water partition coefficient (Wildman–Crippen LogP) is 3.53. The molecule has 0 saturated carbocycles. The third kappa shape index (κ3) is 5.20. The maximum absolute atomic E-state index is 2.56. The van der Waals surface area contributed by atoms with Crippen molar-refractivity contribution in [2.75, 3.05) is 0 Å². The van der Waals surface area contributed by atoms with Gasteiger partial charge in [0.2, 0.25) is 0 Å². The minimum atomic E-state index is -0.969. The van der Waals surface area contributed by atoms with E-state index in [2.05, 4.69) is 101 Å². The first kappa shape index (κ1) is 28.8. The second-order valence-corrected chi connectivity index (χ2v) is 15.8. The summed E-state index contributed by atoms with van der Waals surface area (Å²) in [6.07, 6.45) is 7.31. The fourth-order valence-electron chi connectivity index (χ4n) is 5.68. The van der Waals surface area contributed by atoms with Crippen molar-refractivity contribution in [3.8, 4) is 0 Å². The Morgan fingerprint density at radius 3 is 1.41 bits per heavy atom. The number of allylic oxidation sites excluding steroid dienone is 2. The van der Waals surface area contributed by atoms with Gasteiger partial charge < -0.3 is 24.8 Å². The smallest absolute Gasteiger partial charge is 1.00 e. The number of aryl methyl sites for hydroxylation is 4. The molecule has 6 rings (SSSR count). The Labute approximate surface area is 253 Å². The molecule has 2 aromatic heterocycles. The zero-order valence-electron chi connectivity index (χ0n) is 21.6. The summed E-state index contributed by atoms with van der Waals surface area (Å²) in [6.45, 7) is 9.07. The summed E-state index contributed by atoms with van der Waals surface area (Å²) in [5.41, 5.74) is 12.4. The summed E-state index contributed by atoms with van der Waals surface area (Å²) in [5.74, 6) is 0. The van der Waals surface area contributed by atoms with Crippen LogP contribution in [0.1, 0.15) is 74.0 Å². The molecule has 2 heterocycles. The van der Waals surface area contributed by atoms with Crippen molar-refractivity contribution >= 4 is 46.0 Å². The van der Waals surface area contributed by atoms with Crippen LogP contribution in [-0.2, 0) is 36.1 Å². The summed E-state index contributed by atoms with van der Waals surface area (Å²) in [5, 5.41) is 0. The van der Waals surface area contributed by atoms with Gasteiger partial charge in [0, 0.05) is 0 Å². The fraction of sp³-hybridized carbons (Fsp3) is 0.250. The average Bonchev–Trinajstić information content (AvgIpc) is 3.65. The first-order valence-electron chi connectivity index (χ1n) is 12.6. The van der Waals surface area contributed by atoms with Crippen LogP contribution in [0.15, 0.2) is 60.7 Å². The molecular formula is C32H30Cl2S2Zr. The van der Waals surface area contributed by atoms with Gasteiger partial charge in [0.25, 0.3) is 0 Å². The van der Waals surface area contributed by atoms with Gasteiger partial charge >= 0.3 is 231 Å². The van der Waals surface area contributed by atoms with Crippen molar-refractivity contribution in [2.45, 2.75) is 47.8 Å². The van der Waals surface area contributed by atoms with Crippen LogP contribution in [0.25, 0.3) is 23.3 Å². The van der Waals surface area contributed by atoms with Crippen LogP contribution >= 0.6 is 22.7 Å². The van der Waals surface area contributed by atoms with Gasteiger partial charge in [-0.2, -0.15) is 0 Å². The van der Waals surface area contributed by atoms with Crippen LogP contribution in [0.2, 0.25) is 0 Å². The van der Waals surface area contributed by atoms with Crippen molar-refractivity contribution in [3.05, 3.63) is 114 Å². The molecule has 37 heavy (non-hydrogen) atoms. The summed E-state index contributed by atoms with van der Waals surface area (Å²) in [7, 11) is 0. The molecule has 2 aliphatic carbocycles. The first-order valence-corrected chi connectivity index (χ1v) is 17.1. The Kier molecular flexibility index (Phi) is 9.25. The fourth-order valence-corrected chi connectivity index (χ4v) is 13.0. The zero-order chi connectivity index (χ0) is 24.1. The summed E-state index contributed by atoms with van der Waals surface area (Å²) in [6, 6.07) is 23.5. The first-order chi connectivity index (χ1) is 17.1. The van der Waals surface area contributed by atoms with E-state index < -0.39 is 23.2 Å². The Balaban J connectivity index is 0.00000160. The van der Waals surface area contributed by atoms with Gasteiger partial charge in [-0.1, -0.05) is 0 Å². The summed E-state index contributed by atoms with van der Waals surface area (Å²) >= 11 is 2.97. The minimum absolute atomic E-state index is 0. The van der Waals surface area contributed by atoms with Crippen LogP contribution in [0.4, 0.5) is 0 Å². The predicted molar refractivity (Wildman–Crippen MR) is 151 cm³/mol. The van der Waals surface area contributed by atoms with Crippen LogP contribution in [0.3, 0.4) is 0 Å². The monoisotopic (exact) mass is 638 g/mol. The van der Waals surface area contributed by atoms with E-state index in [1.165, 1.54) is 41.8 Å². The van der Waals surface area contributed by atoms with Crippen LogP contribution in [-0.4, -0.2) is 0 Å². The van der Waals surface area contributed by atoms with Crippen molar-refractivity contribution in [1.82, 2.24) is 0 Å². The molecule has 0 nitrogen and oxygen atoms in total. The molecule has 0 spiro atoms. The van der Waals surface area contributed by atoms with Gasteiger partial charge in [0.15, 0.2) is 0 Å². The maximum atomic E-state index is 2.56. The van der Waals surface area contributed by atoms with Crippen LogP contribution in [0, 0.1) is 13.8 Å². The number of halogens is 2. The Hall–Kier alpha value is -1.22. The normalized spacial score (nSPS) is 17.2. The number of hydrogen-bond donors (Lipinski definition) is 0. The van der Waals surface area contributed by atoms with Gasteiger partial charge in [-0.05, 0) is 0 Å². The molecule has 5 heteroatoms. The van der Waals surface area contributed by atoms with Crippen molar-refractivity contribution in [2.24, 2.45) is 0 Å². The molecule has 0 aliphatic heterocycles. The van der Waals surface area contributed by atoms with E-state index in [1.54, 1.807) is 22.3 Å². The molecule has 0 bridgehead atoms. The van der Waals surface area contributed by atoms with Gasteiger partial charge in [0.05, 0.1) is 0 Å². The molecule has 0 fully saturated rings. The molecular weight excluding hydrogens is 611 g/mol. The van der Waals surface area contributed by atoms with Crippen molar-refractivity contribution in [3.63, 3.8) is 0 Å². The van der Waals surface area contributed by atoms with E-state index in [0.29, 0.717) is 7.25 Å². The van der Waals surface area contributed by atoms with E-state index >= 15 is 0 Å². The van der Waals surface area contributed by atoms with Gasteiger partial charge in [-0.15, -0.1) is 0 Å². The summed E-state index contributed by atoms with van der Waals surface area (Å²) in [4.78, 5) is 5.77. The quantitative estimate of drug-likeness (QED) is 0.303. The topological polar surface area (TPSA) is 0 Å². The molecule has 0 saturated heterocycles. The molecule has 4 aromatic rings. The number of benzene rings is 2. The van der Waals surface area contributed by atoms with Crippen LogP contribution in [0.5, 0.6) is 0 Å². The number of rotatable bonds is 6. The maximum Gasteiger partial charge on any atom is -1.00 e. The van der Waals surface area contributed by atoms with Crippen LogP contribution < -0.4 is 24.8 Å². The average molecular weight is 641 g/mol. The van der Waals surface area contributed by atoms with Gasteiger partial charge in [-0.25, -0.2) is 0 Å². The standard InChI is InChI=1S/2C16H15S.2ClH.Zr/c2*1-3-12-5-4-6-13-9-14(10-15(12)13)16-8-7-11(2)17-16;;;/h2*4-10H,3H2,1-2H3;2*1H;/q;;;;+2/p-2. The van der Waals surface area contributed by atoms with E-state index in [1.807, 2.05) is 22.7 Å². The number of hydrogen-bond acceptors (Lipinski definition) is 2. The zero-order valence-corrected chi connectivity index (χ0v) is 27.2. The Bertz CT molecular complexity index is 1380. The number of fused-ring (bicyclic) bond motifs is 2. The largest absolute Gasteiger partial charge is 1.00 e. The molecule has 0 N–H and O–H groups in total. The Morgan fingerprint density at radius 2 is 1.05 bits per heavy atom. The van der Waals surface area contributed by atoms with E-state index in [4.69, 9.17) is 0 Å². The van der Waals surface area contributed by atoms with Crippen molar-refractivity contribution in [1.29, 1.82) is 0 Å². The van der Waals surface area contributed by atoms with E-state index in [-0.39, 0.29) is 24.8 Å². The third-order valence-corrected chi connectivity index (χ3v) is 14.2. The molecule has 2 aromatic carbocycles. The third-order valence-electron chi connectivity index (χ3n) is 7.45.